The lowest BCUT2D eigenvalue weighted by Gasteiger charge is -1.99. The van der Waals surface area contributed by atoms with Gasteiger partial charge in [0.2, 0.25) is 0 Å². The van der Waals surface area contributed by atoms with E-state index in [2.05, 4.69) is 21.6 Å². The number of nitrogens with zero attached hydrogens (tertiary/aromatic N) is 2. The zero-order valence-electron chi connectivity index (χ0n) is 7.49. The van der Waals surface area contributed by atoms with Crippen molar-refractivity contribution in [2.24, 2.45) is 5.10 Å². The van der Waals surface area contributed by atoms with Crippen molar-refractivity contribution in [3.8, 4) is 0 Å². The summed E-state index contributed by atoms with van der Waals surface area (Å²) in [5, 5.41) is 4.23. The van der Waals surface area contributed by atoms with Crippen LogP contribution in [0.2, 0.25) is 0 Å². The lowest BCUT2D eigenvalue weighted by Crippen LogP contribution is -2.03. The summed E-state index contributed by atoms with van der Waals surface area (Å²) in [4.78, 5) is 3.97. The van der Waals surface area contributed by atoms with E-state index in [1.54, 1.807) is 12.4 Å². The molecule has 0 fully saturated rings. The Morgan fingerprint density at radius 3 is 2.85 bits per heavy atom. The Labute approximate surface area is 77.2 Å². The molecule has 0 unspecified atom stereocenters. The Morgan fingerprint density at radius 1 is 1.38 bits per heavy atom. The van der Waals surface area contributed by atoms with Gasteiger partial charge in [0.05, 0.1) is 12.3 Å². The molecule has 1 aliphatic heterocycles. The number of hydrogen-bond acceptors (Lipinski definition) is 3. The smallest absolute Gasteiger partial charge is 0.0949 e. The molecule has 0 amide bonds. The number of nitrogens with one attached hydrogen (secondary N) is 1. The van der Waals surface area contributed by atoms with Crippen LogP contribution in [-0.2, 0) is 0 Å². The third-order valence-electron chi connectivity index (χ3n) is 2.07. The van der Waals surface area contributed by atoms with Gasteiger partial charge in [-0.2, -0.15) is 5.10 Å². The van der Waals surface area contributed by atoms with Gasteiger partial charge in [-0.3, -0.25) is 4.98 Å². The predicted octanol–water partition coefficient (Wildman–Crippen LogP) is 1.34. The van der Waals surface area contributed by atoms with Crippen molar-refractivity contribution in [2.45, 2.75) is 6.92 Å². The number of hydrogen-bond donors (Lipinski definition) is 1. The first-order chi connectivity index (χ1) is 6.42. The Kier molecular flexibility index (Phi) is 2.08. The average molecular weight is 173 g/mol. The largest absolute Gasteiger partial charge is 0.305 e. The molecule has 13 heavy (non-hydrogen) atoms. The number of hydrazone groups is 1. The van der Waals surface area contributed by atoms with Gasteiger partial charge in [-0.15, -0.1) is 0 Å². The molecule has 3 heteroatoms. The minimum atomic E-state index is 0.828. The molecule has 0 spiro atoms. The topological polar surface area (TPSA) is 37.3 Å². The predicted molar refractivity (Wildman–Crippen MR) is 52.5 cm³/mol. The molecule has 0 bridgehead atoms. The molecule has 2 heterocycles. The second-order valence-corrected chi connectivity index (χ2v) is 2.85. The molecule has 1 aromatic heterocycles. The zero-order chi connectivity index (χ0) is 9.10. The van der Waals surface area contributed by atoms with E-state index < -0.39 is 0 Å². The quantitative estimate of drug-likeness (QED) is 0.695. The Hall–Kier alpha value is -1.64. The van der Waals surface area contributed by atoms with Gasteiger partial charge in [-0.05, 0) is 24.6 Å². The molecule has 1 aromatic rings. The van der Waals surface area contributed by atoms with Gasteiger partial charge in [0.15, 0.2) is 0 Å². The Bertz CT molecular complexity index is 352. The summed E-state index contributed by atoms with van der Waals surface area (Å²) in [5.74, 6) is 0. The number of allylic oxidation sites excluding steroid dienone is 1. The average Bonchev–Trinajstić information content (AvgIpc) is 2.67. The zero-order valence-corrected chi connectivity index (χ0v) is 7.49. The summed E-state index contributed by atoms with van der Waals surface area (Å²) in [6.45, 7) is 2.85. The monoisotopic (exact) mass is 173 g/mol. The number of pyridine rings is 1. The van der Waals surface area contributed by atoms with Crippen LogP contribution < -0.4 is 5.43 Å². The van der Waals surface area contributed by atoms with E-state index >= 15 is 0 Å². The van der Waals surface area contributed by atoms with Crippen molar-refractivity contribution in [1.29, 1.82) is 0 Å². The molecule has 0 atom stereocenters. The minimum absolute atomic E-state index is 0.828. The van der Waals surface area contributed by atoms with E-state index in [1.165, 1.54) is 5.57 Å². The molecular weight excluding hydrogens is 162 g/mol. The summed E-state index contributed by atoms with van der Waals surface area (Å²) in [6, 6.07) is 3.94. The molecule has 1 N–H and O–H groups in total. The summed E-state index contributed by atoms with van der Waals surface area (Å²) in [7, 11) is 0. The van der Waals surface area contributed by atoms with Gasteiger partial charge in [0.1, 0.15) is 0 Å². The third-order valence-corrected chi connectivity index (χ3v) is 2.07. The summed E-state index contributed by atoms with van der Waals surface area (Å²) in [6.07, 6.45) is 5.65. The molecule has 2 rings (SSSR count). The Morgan fingerprint density at radius 2 is 2.15 bits per heavy atom. The lowest BCUT2D eigenvalue weighted by atomic mass is 10.1. The van der Waals surface area contributed by atoms with Gasteiger partial charge in [0.25, 0.3) is 0 Å². The molecule has 0 saturated carbocycles. The molecular formula is C10H11N3. The van der Waals surface area contributed by atoms with Gasteiger partial charge in [0, 0.05) is 18.0 Å². The molecule has 0 radical (unpaired) electrons. The first-order valence-corrected chi connectivity index (χ1v) is 4.28. The third kappa shape index (κ3) is 1.45. The van der Waals surface area contributed by atoms with Crippen LogP contribution in [0.4, 0.5) is 0 Å². The van der Waals surface area contributed by atoms with Gasteiger partial charge in [-0.25, -0.2) is 0 Å². The van der Waals surface area contributed by atoms with Gasteiger partial charge in [-0.1, -0.05) is 6.08 Å². The van der Waals surface area contributed by atoms with Gasteiger partial charge < -0.3 is 5.43 Å². The van der Waals surface area contributed by atoms with Crippen LogP contribution in [0, 0.1) is 0 Å². The molecule has 3 nitrogen and oxygen atoms in total. The van der Waals surface area contributed by atoms with E-state index in [1.807, 2.05) is 19.1 Å². The first kappa shape index (κ1) is 7.98. The lowest BCUT2D eigenvalue weighted by molar-refractivity contribution is 0.855. The molecule has 0 aromatic carbocycles. The maximum atomic E-state index is 4.23. The van der Waals surface area contributed by atoms with Crippen molar-refractivity contribution in [3.05, 3.63) is 41.7 Å². The van der Waals surface area contributed by atoms with E-state index in [0.717, 1.165) is 17.8 Å². The number of aromatic nitrogens is 1. The SMILES string of the molecule is C/C=C1\CNN=C1c1ccncc1. The second-order valence-electron chi connectivity index (χ2n) is 2.85. The van der Waals surface area contributed by atoms with Crippen molar-refractivity contribution < 1.29 is 0 Å². The highest BCUT2D eigenvalue weighted by atomic mass is 15.3. The highest BCUT2D eigenvalue weighted by Crippen LogP contribution is 2.11. The van der Waals surface area contributed by atoms with E-state index in [4.69, 9.17) is 0 Å². The molecule has 0 aliphatic carbocycles. The van der Waals surface area contributed by atoms with Crippen molar-refractivity contribution in [3.63, 3.8) is 0 Å². The van der Waals surface area contributed by atoms with Crippen LogP contribution in [0.15, 0.2) is 41.3 Å². The fourth-order valence-electron chi connectivity index (χ4n) is 1.36. The van der Waals surface area contributed by atoms with Crippen LogP contribution in [-0.4, -0.2) is 17.2 Å². The van der Waals surface area contributed by atoms with Crippen molar-refractivity contribution >= 4 is 5.71 Å². The van der Waals surface area contributed by atoms with Gasteiger partial charge >= 0.3 is 0 Å². The van der Waals surface area contributed by atoms with Crippen molar-refractivity contribution in [1.82, 2.24) is 10.4 Å². The van der Waals surface area contributed by atoms with Crippen LogP contribution in [0.1, 0.15) is 12.5 Å². The maximum absolute atomic E-state index is 4.23. The van der Waals surface area contributed by atoms with Crippen LogP contribution in [0.5, 0.6) is 0 Å². The fraction of sp³-hybridized carbons (Fsp3) is 0.200. The van der Waals surface area contributed by atoms with Crippen LogP contribution in [0.3, 0.4) is 0 Å². The first-order valence-electron chi connectivity index (χ1n) is 4.28. The molecule has 66 valence electrons. The normalized spacial score (nSPS) is 18.5. The summed E-state index contributed by atoms with van der Waals surface area (Å²) in [5.41, 5.74) is 6.36. The fourth-order valence-corrected chi connectivity index (χ4v) is 1.36. The Balaban J connectivity index is 2.37. The minimum Gasteiger partial charge on any atom is -0.305 e. The van der Waals surface area contributed by atoms with E-state index in [0.29, 0.717) is 0 Å². The highest BCUT2D eigenvalue weighted by molar-refractivity contribution is 6.13. The molecule has 1 aliphatic rings. The van der Waals surface area contributed by atoms with Crippen LogP contribution >= 0.6 is 0 Å². The van der Waals surface area contributed by atoms with Crippen LogP contribution in [0.25, 0.3) is 0 Å². The maximum Gasteiger partial charge on any atom is 0.0949 e. The standard InChI is InChI=1S/C10H11N3/c1-2-8-7-12-13-10(8)9-3-5-11-6-4-9/h2-6,12H,7H2,1H3/b8-2+. The second kappa shape index (κ2) is 3.39. The summed E-state index contributed by atoms with van der Waals surface area (Å²) < 4.78 is 0. The summed E-state index contributed by atoms with van der Waals surface area (Å²) >= 11 is 0. The van der Waals surface area contributed by atoms with Crippen molar-refractivity contribution in [2.75, 3.05) is 6.54 Å². The highest BCUT2D eigenvalue weighted by Gasteiger charge is 2.13. The van der Waals surface area contributed by atoms with E-state index in [9.17, 15) is 0 Å². The number of rotatable bonds is 1. The van der Waals surface area contributed by atoms with E-state index in [-0.39, 0.29) is 0 Å². The molecule has 0 saturated heterocycles.